The van der Waals surface area contributed by atoms with Crippen molar-refractivity contribution in [2.45, 2.75) is 45.1 Å². The average Bonchev–Trinajstić information content (AvgIpc) is 3.48. The number of esters is 1. The third kappa shape index (κ3) is 3.96. The Morgan fingerprint density at radius 2 is 1.94 bits per heavy atom. The number of carbonyl (C=O) groups is 1. The fourth-order valence-corrected chi connectivity index (χ4v) is 4.43. The van der Waals surface area contributed by atoms with Crippen LogP contribution in [0.2, 0.25) is 0 Å². The predicted octanol–water partition coefficient (Wildman–Crippen LogP) is 3.63. The quantitative estimate of drug-likeness (QED) is 0.682. The molecule has 1 saturated carbocycles. The van der Waals surface area contributed by atoms with Crippen LogP contribution in [-0.4, -0.2) is 41.9 Å². The summed E-state index contributed by atoms with van der Waals surface area (Å²) < 4.78 is 10.1. The van der Waals surface area contributed by atoms with E-state index in [0.717, 1.165) is 30.8 Å². The highest BCUT2D eigenvalue weighted by molar-refractivity contribution is 6.02. The Bertz CT molecular complexity index is 1070. The van der Waals surface area contributed by atoms with E-state index >= 15 is 0 Å². The molecule has 1 atom stereocenters. The average molecular weight is 419 g/mol. The summed E-state index contributed by atoms with van der Waals surface area (Å²) in [5, 5.41) is 16.1. The van der Waals surface area contributed by atoms with Gasteiger partial charge in [-0.15, -0.1) is 0 Å². The third-order valence-corrected chi connectivity index (χ3v) is 6.07. The summed E-state index contributed by atoms with van der Waals surface area (Å²) in [6.45, 7) is 1.84. The summed E-state index contributed by atoms with van der Waals surface area (Å²) in [5.74, 6) is 0.985. The minimum Gasteiger partial charge on any atom is -0.480 e. The van der Waals surface area contributed by atoms with Crippen molar-refractivity contribution in [1.82, 2.24) is 9.97 Å². The monoisotopic (exact) mass is 419 g/mol. The number of ether oxygens (including phenoxy) is 2. The fraction of sp³-hybridized carbons (Fsp3) is 0.435. The highest BCUT2D eigenvalue weighted by Gasteiger charge is 2.37. The van der Waals surface area contributed by atoms with Gasteiger partial charge >= 0.3 is 5.97 Å². The summed E-state index contributed by atoms with van der Waals surface area (Å²) >= 11 is 0. The topological polar surface area (TPSA) is 101 Å². The van der Waals surface area contributed by atoms with Crippen molar-refractivity contribution in [3.63, 3.8) is 0 Å². The maximum atomic E-state index is 12.0. The SMILES string of the molecule is COC(=O)c1ccc(C2=NN(c3ccc(C#N)c(C)n3)[C@@H](C3CCCC3)C2)nc1OC. The molecule has 1 fully saturated rings. The molecule has 0 unspecified atom stereocenters. The largest absolute Gasteiger partial charge is 0.480 e. The molecule has 1 aliphatic heterocycles. The van der Waals surface area contributed by atoms with Crippen LogP contribution in [0.1, 0.15) is 59.4 Å². The van der Waals surface area contributed by atoms with Crippen molar-refractivity contribution in [2.75, 3.05) is 19.2 Å². The molecule has 0 bridgehead atoms. The number of nitrogens with zero attached hydrogens (tertiary/aromatic N) is 5. The van der Waals surface area contributed by atoms with Gasteiger partial charge in [-0.3, -0.25) is 0 Å². The lowest BCUT2D eigenvalue weighted by molar-refractivity contribution is 0.0596. The van der Waals surface area contributed by atoms with Crippen LogP contribution in [0.15, 0.2) is 29.4 Å². The van der Waals surface area contributed by atoms with Crippen molar-refractivity contribution in [1.29, 1.82) is 5.26 Å². The van der Waals surface area contributed by atoms with E-state index in [0.29, 0.717) is 22.9 Å². The summed E-state index contributed by atoms with van der Waals surface area (Å²) in [6, 6.07) is 9.44. The maximum Gasteiger partial charge on any atom is 0.343 e. The van der Waals surface area contributed by atoms with Gasteiger partial charge in [0.2, 0.25) is 5.88 Å². The van der Waals surface area contributed by atoms with E-state index in [1.54, 1.807) is 18.2 Å². The van der Waals surface area contributed by atoms with Crippen molar-refractivity contribution in [2.24, 2.45) is 11.0 Å². The zero-order valence-corrected chi connectivity index (χ0v) is 18.0. The third-order valence-electron chi connectivity index (χ3n) is 6.07. The second-order valence-electron chi connectivity index (χ2n) is 7.87. The first-order valence-electron chi connectivity index (χ1n) is 10.4. The molecule has 0 spiro atoms. The number of anilines is 1. The molecule has 2 aromatic heterocycles. The molecule has 3 heterocycles. The van der Waals surface area contributed by atoms with Crippen LogP contribution in [0.25, 0.3) is 0 Å². The molecule has 4 rings (SSSR count). The number of nitriles is 1. The van der Waals surface area contributed by atoms with Gasteiger partial charge in [-0.05, 0) is 49.9 Å². The molecule has 1 aliphatic carbocycles. The first-order chi connectivity index (χ1) is 15.0. The molecule has 8 nitrogen and oxygen atoms in total. The summed E-state index contributed by atoms with van der Waals surface area (Å²) in [5.41, 5.74) is 3.03. The Labute approximate surface area is 181 Å². The number of aryl methyl sites for hydroxylation is 1. The zero-order chi connectivity index (χ0) is 22.0. The Hall–Kier alpha value is -3.47. The van der Waals surface area contributed by atoms with E-state index < -0.39 is 5.97 Å². The molecule has 0 N–H and O–H groups in total. The van der Waals surface area contributed by atoms with Crippen LogP contribution in [0.3, 0.4) is 0 Å². The van der Waals surface area contributed by atoms with Crippen LogP contribution in [0, 0.1) is 24.2 Å². The summed E-state index contributed by atoms with van der Waals surface area (Å²) in [6.07, 6.45) is 5.52. The lowest BCUT2D eigenvalue weighted by Gasteiger charge is -2.27. The van der Waals surface area contributed by atoms with E-state index in [1.165, 1.54) is 27.1 Å². The molecular weight excluding hydrogens is 394 g/mol. The number of hydrogen-bond donors (Lipinski definition) is 0. The lowest BCUT2D eigenvalue weighted by Crippen LogP contribution is -2.33. The smallest absolute Gasteiger partial charge is 0.343 e. The molecule has 0 amide bonds. The number of aromatic nitrogens is 2. The van der Waals surface area contributed by atoms with Gasteiger partial charge in [-0.1, -0.05) is 12.8 Å². The van der Waals surface area contributed by atoms with Crippen molar-refractivity contribution in [3.8, 4) is 11.9 Å². The first kappa shape index (κ1) is 20.8. The zero-order valence-electron chi connectivity index (χ0n) is 18.0. The minimum atomic E-state index is -0.494. The molecule has 8 heteroatoms. The fourth-order valence-electron chi connectivity index (χ4n) is 4.43. The first-order valence-corrected chi connectivity index (χ1v) is 10.4. The molecule has 2 aliphatic rings. The number of rotatable bonds is 5. The van der Waals surface area contributed by atoms with Gasteiger partial charge < -0.3 is 9.47 Å². The van der Waals surface area contributed by atoms with Crippen LogP contribution in [0.5, 0.6) is 5.88 Å². The van der Waals surface area contributed by atoms with Gasteiger partial charge in [-0.2, -0.15) is 10.4 Å². The van der Waals surface area contributed by atoms with Crippen molar-refractivity contribution < 1.29 is 14.3 Å². The van der Waals surface area contributed by atoms with Gasteiger partial charge in [0, 0.05) is 6.42 Å². The summed E-state index contributed by atoms with van der Waals surface area (Å²) in [7, 11) is 2.81. The Kier molecular flexibility index (Phi) is 5.85. The number of pyridine rings is 2. The van der Waals surface area contributed by atoms with Gasteiger partial charge in [0.05, 0.1) is 42.9 Å². The second kappa shape index (κ2) is 8.72. The minimum absolute atomic E-state index is 0.186. The second-order valence-corrected chi connectivity index (χ2v) is 7.87. The Morgan fingerprint density at radius 1 is 1.16 bits per heavy atom. The van der Waals surface area contributed by atoms with Crippen molar-refractivity contribution in [3.05, 3.63) is 46.8 Å². The van der Waals surface area contributed by atoms with E-state index in [-0.39, 0.29) is 17.5 Å². The maximum absolute atomic E-state index is 12.0. The Morgan fingerprint density at radius 3 is 2.58 bits per heavy atom. The molecule has 0 aromatic carbocycles. The summed E-state index contributed by atoms with van der Waals surface area (Å²) in [4.78, 5) is 21.1. The highest BCUT2D eigenvalue weighted by Crippen LogP contribution is 2.38. The van der Waals surface area contributed by atoms with E-state index in [4.69, 9.17) is 14.6 Å². The Balaban J connectivity index is 1.71. The molecule has 0 saturated heterocycles. The van der Waals surface area contributed by atoms with Gasteiger partial charge in [0.25, 0.3) is 0 Å². The molecule has 2 aromatic rings. The molecule has 0 radical (unpaired) electrons. The molecule has 31 heavy (non-hydrogen) atoms. The predicted molar refractivity (Wildman–Crippen MR) is 115 cm³/mol. The molecular formula is C23H25N5O3. The van der Waals surface area contributed by atoms with Crippen LogP contribution in [-0.2, 0) is 4.74 Å². The number of carbonyl (C=O) groups excluding carboxylic acids is 1. The number of hydrogen-bond acceptors (Lipinski definition) is 8. The van der Waals surface area contributed by atoms with Crippen LogP contribution in [0.4, 0.5) is 5.82 Å². The normalized spacial score (nSPS) is 18.6. The number of methoxy groups -OCH3 is 2. The molecule has 160 valence electrons. The van der Waals surface area contributed by atoms with Crippen LogP contribution >= 0.6 is 0 Å². The van der Waals surface area contributed by atoms with E-state index in [9.17, 15) is 10.1 Å². The standard InChI is InChI=1S/C23H25N5O3/c1-14-16(13-24)8-11-21(25-14)28-20(15-6-4-5-7-15)12-19(27-28)18-10-9-17(23(29)31-3)22(26-18)30-2/h8-11,15,20H,4-7,12H2,1-3H3/t20-/m1/s1. The van der Waals surface area contributed by atoms with E-state index in [1.807, 2.05) is 18.0 Å². The van der Waals surface area contributed by atoms with Crippen LogP contribution < -0.4 is 9.75 Å². The van der Waals surface area contributed by atoms with Gasteiger partial charge in [0.1, 0.15) is 17.5 Å². The van der Waals surface area contributed by atoms with Gasteiger partial charge in [0.15, 0.2) is 0 Å². The van der Waals surface area contributed by atoms with Crippen molar-refractivity contribution >= 4 is 17.5 Å². The van der Waals surface area contributed by atoms with E-state index in [2.05, 4.69) is 16.0 Å². The number of hydrazone groups is 1. The van der Waals surface area contributed by atoms with Gasteiger partial charge in [-0.25, -0.2) is 19.8 Å². The highest BCUT2D eigenvalue weighted by atomic mass is 16.5. The lowest BCUT2D eigenvalue weighted by atomic mass is 9.93.